The van der Waals surface area contributed by atoms with E-state index in [4.69, 9.17) is 9.63 Å². The first-order valence-electron chi connectivity index (χ1n) is 10.7. The van der Waals surface area contributed by atoms with Crippen LogP contribution in [0.15, 0.2) is 53.4 Å². The third kappa shape index (κ3) is 8.01. The van der Waals surface area contributed by atoms with Gasteiger partial charge in [0.05, 0.1) is 19.8 Å². The number of hydrogen-bond acceptors (Lipinski definition) is 5. The molecule has 1 heterocycles. The van der Waals surface area contributed by atoms with Crippen molar-refractivity contribution in [1.82, 2.24) is 5.32 Å². The standard InChI is InChI=1S/C23H31FNO4PS/c24-21-8-6-20(7-9-21)23(17-28-18-23)12-1-2-15-31-22-10-4-19(5-11-22)16-25-13-3-14-29-30(26)27/h4-11,25,30H,1-3,12-18H2,(H,26,27). The number of unbranched alkanes of at least 4 members (excludes halogenated alkanes) is 1. The van der Waals surface area contributed by atoms with Crippen LogP contribution in [0.1, 0.15) is 36.8 Å². The quantitative estimate of drug-likeness (QED) is 0.233. The molecule has 0 amide bonds. The molecule has 1 unspecified atom stereocenters. The Balaban J connectivity index is 1.30. The predicted octanol–water partition coefficient (Wildman–Crippen LogP) is 4.93. The minimum atomic E-state index is -2.81. The van der Waals surface area contributed by atoms with E-state index in [2.05, 4.69) is 34.1 Å². The highest BCUT2D eigenvalue weighted by Gasteiger charge is 2.39. The molecule has 0 bridgehead atoms. The maximum atomic E-state index is 13.2. The van der Waals surface area contributed by atoms with E-state index in [1.807, 2.05) is 23.9 Å². The predicted molar refractivity (Wildman–Crippen MR) is 123 cm³/mol. The van der Waals surface area contributed by atoms with Crippen LogP contribution in [0.4, 0.5) is 4.39 Å². The average Bonchev–Trinajstić information content (AvgIpc) is 2.73. The lowest BCUT2D eigenvalue weighted by molar-refractivity contribution is -0.0652. The van der Waals surface area contributed by atoms with Gasteiger partial charge in [0, 0.05) is 16.9 Å². The second-order valence-corrected chi connectivity index (χ2v) is 9.86. The monoisotopic (exact) mass is 467 g/mol. The molecule has 2 aromatic carbocycles. The van der Waals surface area contributed by atoms with Gasteiger partial charge < -0.3 is 19.5 Å². The molecule has 1 fully saturated rings. The first-order chi connectivity index (χ1) is 15.1. The lowest BCUT2D eigenvalue weighted by Crippen LogP contribution is -2.46. The minimum absolute atomic E-state index is 0.0648. The Morgan fingerprint density at radius 1 is 1.10 bits per heavy atom. The van der Waals surface area contributed by atoms with Gasteiger partial charge in [-0.1, -0.05) is 30.7 Å². The molecule has 1 saturated heterocycles. The Morgan fingerprint density at radius 2 is 1.84 bits per heavy atom. The van der Waals surface area contributed by atoms with Crippen molar-refractivity contribution in [3.05, 3.63) is 65.5 Å². The molecule has 2 N–H and O–H groups in total. The maximum absolute atomic E-state index is 13.2. The van der Waals surface area contributed by atoms with E-state index in [1.165, 1.54) is 16.0 Å². The van der Waals surface area contributed by atoms with E-state index in [-0.39, 0.29) is 11.2 Å². The molecule has 170 valence electrons. The van der Waals surface area contributed by atoms with Crippen LogP contribution in [0.2, 0.25) is 0 Å². The van der Waals surface area contributed by atoms with Gasteiger partial charge in [-0.2, -0.15) is 0 Å². The number of benzene rings is 2. The molecule has 1 atom stereocenters. The third-order valence-corrected chi connectivity index (χ3v) is 7.06. The van der Waals surface area contributed by atoms with Crippen LogP contribution in [-0.4, -0.2) is 37.0 Å². The summed E-state index contributed by atoms with van der Waals surface area (Å²) in [6.45, 7) is 3.28. The Labute approximate surface area is 188 Å². The summed E-state index contributed by atoms with van der Waals surface area (Å²) in [5.74, 6) is 0.885. The van der Waals surface area contributed by atoms with Gasteiger partial charge in [-0.3, -0.25) is 4.57 Å². The zero-order valence-electron chi connectivity index (χ0n) is 17.6. The molecule has 31 heavy (non-hydrogen) atoms. The number of ether oxygens (including phenoxy) is 1. The fraction of sp³-hybridized carbons (Fsp3) is 0.478. The van der Waals surface area contributed by atoms with Crippen LogP contribution in [0.25, 0.3) is 0 Å². The van der Waals surface area contributed by atoms with Crippen molar-refractivity contribution in [2.75, 3.05) is 32.1 Å². The third-order valence-electron chi connectivity index (χ3n) is 5.51. The molecule has 0 radical (unpaired) electrons. The fourth-order valence-electron chi connectivity index (χ4n) is 3.66. The molecule has 8 heteroatoms. The fourth-order valence-corrected chi connectivity index (χ4v) is 4.89. The van der Waals surface area contributed by atoms with Crippen molar-refractivity contribution in [3.8, 4) is 0 Å². The van der Waals surface area contributed by atoms with Gasteiger partial charge in [0.1, 0.15) is 5.82 Å². The van der Waals surface area contributed by atoms with E-state index in [0.29, 0.717) is 13.0 Å². The summed E-state index contributed by atoms with van der Waals surface area (Å²) in [7, 11) is -2.81. The molecule has 0 saturated carbocycles. The number of rotatable bonds is 14. The lowest BCUT2D eigenvalue weighted by Gasteiger charge is -2.42. The number of thioether (sulfide) groups is 1. The van der Waals surface area contributed by atoms with Gasteiger partial charge in [-0.15, -0.1) is 11.8 Å². The van der Waals surface area contributed by atoms with Gasteiger partial charge in [0.15, 0.2) is 0 Å². The molecular weight excluding hydrogens is 436 g/mol. The Hall–Kier alpha value is -1.21. The molecule has 0 spiro atoms. The Morgan fingerprint density at radius 3 is 2.48 bits per heavy atom. The van der Waals surface area contributed by atoms with E-state index < -0.39 is 8.25 Å². The highest BCUT2D eigenvalue weighted by atomic mass is 32.2. The zero-order valence-corrected chi connectivity index (χ0v) is 19.5. The summed E-state index contributed by atoms with van der Waals surface area (Å²) >= 11 is 1.87. The second kappa shape index (κ2) is 12.7. The maximum Gasteiger partial charge on any atom is 0.316 e. The summed E-state index contributed by atoms with van der Waals surface area (Å²) < 4.78 is 33.8. The first kappa shape index (κ1) is 24.4. The van der Waals surface area contributed by atoms with E-state index in [9.17, 15) is 8.96 Å². The molecule has 2 aromatic rings. The summed E-state index contributed by atoms with van der Waals surface area (Å²) in [5, 5.41) is 3.31. The summed E-state index contributed by atoms with van der Waals surface area (Å²) in [4.78, 5) is 9.86. The van der Waals surface area contributed by atoms with Crippen molar-refractivity contribution in [2.45, 2.75) is 42.5 Å². The number of halogens is 1. The summed E-state index contributed by atoms with van der Waals surface area (Å²) in [6, 6.07) is 15.5. The zero-order chi connectivity index (χ0) is 21.9. The van der Waals surface area contributed by atoms with Gasteiger partial charge in [0.2, 0.25) is 0 Å². The highest BCUT2D eigenvalue weighted by Crippen LogP contribution is 2.37. The van der Waals surface area contributed by atoms with E-state index in [1.54, 1.807) is 12.1 Å². The molecule has 5 nitrogen and oxygen atoms in total. The SMILES string of the molecule is O=[PH](O)OCCCNCc1ccc(SCCCCC2(c3ccc(F)cc3)COC2)cc1. The van der Waals surface area contributed by atoms with Crippen LogP contribution in [0, 0.1) is 5.82 Å². The number of nitrogens with one attached hydrogen (secondary N) is 1. The number of hydrogen-bond donors (Lipinski definition) is 2. The molecule has 1 aliphatic rings. The summed E-state index contributed by atoms with van der Waals surface area (Å²) in [6.07, 6.45) is 4.05. The van der Waals surface area contributed by atoms with Crippen molar-refractivity contribution < 1.29 is 23.1 Å². The normalized spacial score (nSPS) is 16.1. The summed E-state index contributed by atoms with van der Waals surface area (Å²) in [5.41, 5.74) is 2.47. The van der Waals surface area contributed by atoms with Gasteiger partial charge in [0.25, 0.3) is 0 Å². The molecular formula is C23H31FNO4PS. The van der Waals surface area contributed by atoms with Crippen LogP contribution in [-0.2, 0) is 25.8 Å². The molecule has 1 aliphatic heterocycles. The second-order valence-electron chi connectivity index (χ2n) is 7.87. The van der Waals surface area contributed by atoms with Crippen molar-refractivity contribution in [3.63, 3.8) is 0 Å². The van der Waals surface area contributed by atoms with Crippen molar-refractivity contribution in [2.24, 2.45) is 0 Å². The van der Waals surface area contributed by atoms with E-state index in [0.717, 1.165) is 51.3 Å². The van der Waals surface area contributed by atoms with Crippen LogP contribution in [0.3, 0.4) is 0 Å². The average molecular weight is 468 g/mol. The van der Waals surface area contributed by atoms with E-state index >= 15 is 0 Å². The lowest BCUT2D eigenvalue weighted by atomic mass is 9.75. The Bertz CT molecular complexity index is 815. The van der Waals surface area contributed by atoms with Crippen LogP contribution < -0.4 is 5.32 Å². The topological polar surface area (TPSA) is 67.8 Å². The van der Waals surface area contributed by atoms with Gasteiger partial charge in [-0.05, 0) is 67.0 Å². The van der Waals surface area contributed by atoms with Gasteiger partial charge in [-0.25, -0.2) is 4.39 Å². The highest BCUT2D eigenvalue weighted by molar-refractivity contribution is 7.99. The van der Waals surface area contributed by atoms with Crippen molar-refractivity contribution in [1.29, 1.82) is 0 Å². The van der Waals surface area contributed by atoms with Crippen LogP contribution in [0.5, 0.6) is 0 Å². The van der Waals surface area contributed by atoms with Crippen molar-refractivity contribution >= 4 is 20.0 Å². The largest absolute Gasteiger partial charge is 0.379 e. The molecule has 3 rings (SSSR count). The first-order valence-corrected chi connectivity index (χ1v) is 12.9. The molecule has 0 aromatic heterocycles. The Kier molecular flexibility index (Phi) is 10.0. The smallest absolute Gasteiger partial charge is 0.316 e. The molecule has 0 aliphatic carbocycles. The van der Waals surface area contributed by atoms with Gasteiger partial charge >= 0.3 is 8.25 Å². The van der Waals surface area contributed by atoms with Crippen LogP contribution >= 0.6 is 20.0 Å². The minimum Gasteiger partial charge on any atom is -0.379 e.